The molecule has 108 valence electrons. The van der Waals surface area contributed by atoms with Crippen LogP contribution in [-0.2, 0) is 4.79 Å². The number of halogens is 2. The molecule has 0 aromatic heterocycles. The molecule has 0 bridgehead atoms. The van der Waals surface area contributed by atoms with Gasteiger partial charge in [0.15, 0.2) is 0 Å². The number of aliphatic hydroxyl groups excluding tert-OH is 1. The van der Waals surface area contributed by atoms with Crippen molar-refractivity contribution in [3.63, 3.8) is 0 Å². The Kier molecular flexibility index (Phi) is 3.33. The number of carbonyl (C=O) groups is 1. The van der Waals surface area contributed by atoms with Crippen molar-refractivity contribution in [1.82, 2.24) is 4.90 Å². The largest absolute Gasteiger partial charge is 0.391 e. The monoisotopic (exact) mass is 274 g/mol. The molecule has 1 saturated carbocycles. The SMILES string of the molecule is C=C1N([C@H](C(N)=O)[C@@H](C)O)CC12CCC(F)(F)CC2. The summed E-state index contributed by atoms with van der Waals surface area (Å²) in [5, 5.41) is 9.60. The molecule has 2 atom stereocenters. The molecule has 1 aliphatic carbocycles. The highest BCUT2D eigenvalue weighted by atomic mass is 19.3. The van der Waals surface area contributed by atoms with Crippen LogP contribution in [0.5, 0.6) is 0 Å². The second kappa shape index (κ2) is 4.44. The van der Waals surface area contributed by atoms with Crippen LogP contribution in [0.4, 0.5) is 8.78 Å². The molecule has 2 fully saturated rings. The topological polar surface area (TPSA) is 66.6 Å². The van der Waals surface area contributed by atoms with Gasteiger partial charge in [-0.05, 0) is 19.8 Å². The van der Waals surface area contributed by atoms with Crippen LogP contribution in [0.15, 0.2) is 12.3 Å². The second-order valence-corrected chi connectivity index (χ2v) is 5.80. The molecular weight excluding hydrogens is 254 g/mol. The molecule has 0 radical (unpaired) electrons. The maximum atomic E-state index is 13.2. The average molecular weight is 274 g/mol. The van der Waals surface area contributed by atoms with Gasteiger partial charge in [-0.25, -0.2) is 8.78 Å². The number of rotatable bonds is 3. The molecule has 0 aromatic carbocycles. The molecule has 3 N–H and O–H groups in total. The van der Waals surface area contributed by atoms with Gasteiger partial charge in [0.25, 0.3) is 0 Å². The highest BCUT2D eigenvalue weighted by Crippen LogP contribution is 2.54. The third-order valence-corrected chi connectivity index (χ3v) is 4.45. The predicted molar refractivity (Wildman–Crippen MR) is 66.4 cm³/mol. The maximum Gasteiger partial charge on any atom is 0.248 e. The van der Waals surface area contributed by atoms with Gasteiger partial charge in [0.1, 0.15) is 6.04 Å². The van der Waals surface area contributed by atoms with Crippen LogP contribution >= 0.6 is 0 Å². The van der Waals surface area contributed by atoms with Crippen molar-refractivity contribution in [3.8, 4) is 0 Å². The lowest BCUT2D eigenvalue weighted by atomic mass is 9.64. The summed E-state index contributed by atoms with van der Waals surface area (Å²) in [6.45, 7) is 5.88. The Morgan fingerprint density at radius 1 is 1.42 bits per heavy atom. The lowest BCUT2D eigenvalue weighted by Crippen LogP contribution is -2.64. The minimum absolute atomic E-state index is 0.143. The van der Waals surface area contributed by atoms with Crippen LogP contribution in [0.3, 0.4) is 0 Å². The lowest BCUT2D eigenvalue weighted by Gasteiger charge is -2.58. The van der Waals surface area contributed by atoms with Crippen LogP contribution in [0.1, 0.15) is 32.6 Å². The van der Waals surface area contributed by atoms with Gasteiger partial charge in [0.05, 0.1) is 6.10 Å². The molecule has 2 rings (SSSR count). The number of carbonyl (C=O) groups excluding carboxylic acids is 1. The van der Waals surface area contributed by atoms with Crippen molar-refractivity contribution in [2.24, 2.45) is 11.1 Å². The predicted octanol–water partition coefficient (Wildman–Crippen LogP) is 1.25. The summed E-state index contributed by atoms with van der Waals surface area (Å²) in [7, 11) is 0. The van der Waals surface area contributed by atoms with Crippen molar-refractivity contribution in [1.29, 1.82) is 0 Å². The van der Waals surface area contributed by atoms with E-state index in [0.717, 1.165) is 0 Å². The zero-order valence-corrected chi connectivity index (χ0v) is 11.0. The Morgan fingerprint density at radius 2 is 1.95 bits per heavy atom. The van der Waals surface area contributed by atoms with E-state index in [9.17, 15) is 18.7 Å². The fraction of sp³-hybridized carbons (Fsp3) is 0.769. The summed E-state index contributed by atoms with van der Waals surface area (Å²) < 4.78 is 26.4. The van der Waals surface area contributed by atoms with Crippen molar-refractivity contribution >= 4 is 5.91 Å². The maximum absolute atomic E-state index is 13.2. The number of nitrogens with two attached hydrogens (primary N) is 1. The van der Waals surface area contributed by atoms with Gasteiger partial charge in [-0.1, -0.05) is 6.58 Å². The van der Waals surface area contributed by atoms with E-state index in [1.807, 2.05) is 0 Å². The summed E-state index contributed by atoms with van der Waals surface area (Å²) in [5.41, 5.74) is 5.60. The first-order chi connectivity index (χ1) is 8.68. The highest BCUT2D eigenvalue weighted by molar-refractivity contribution is 5.81. The molecule has 6 heteroatoms. The number of amides is 1. The Balaban J connectivity index is 2.05. The number of hydrogen-bond donors (Lipinski definition) is 2. The van der Waals surface area contributed by atoms with Crippen LogP contribution in [-0.4, -0.2) is 40.5 Å². The quantitative estimate of drug-likeness (QED) is 0.814. The third kappa shape index (κ3) is 2.33. The number of nitrogens with zero attached hydrogens (tertiary/aromatic N) is 1. The molecule has 4 nitrogen and oxygen atoms in total. The third-order valence-electron chi connectivity index (χ3n) is 4.45. The van der Waals surface area contributed by atoms with Crippen LogP contribution in [0.2, 0.25) is 0 Å². The van der Waals surface area contributed by atoms with Crippen molar-refractivity contribution in [2.75, 3.05) is 6.54 Å². The molecule has 1 amide bonds. The first-order valence-electron chi connectivity index (χ1n) is 6.50. The molecule has 19 heavy (non-hydrogen) atoms. The molecule has 1 saturated heterocycles. The molecule has 1 heterocycles. The number of primary amides is 1. The fourth-order valence-corrected chi connectivity index (χ4v) is 3.19. The van der Waals surface area contributed by atoms with Gasteiger partial charge in [0.2, 0.25) is 11.8 Å². The van der Waals surface area contributed by atoms with E-state index >= 15 is 0 Å². The second-order valence-electron chi connectivity index (χ2n) is 5.80. The van der Waals surface area contributed by atoms with E-state index in [-0.39, 0.29) is 18.3 Å². The standard InChI is InChI=1S/C13H20F2N2O2/c1-8(18)10(11(16)19)17-7-12(9(17)2)3-5-13(14,15)6-4-12/h8,10,18H,2-7H2,1H3,(H2,16,19)/t8-,10+/m1/s1. The smallest absolute Gasteiger partial charge is 0.248 e. The minimum atomic E-state index is -2.58. The molecule has 0 aromatic rings. The molecular formula is C13H20F2N2O2. The fourth-order valence-electron chi connectivity index (χ4n) is 3.19. The molecule has 1 aliphatic heterocycles. The van der Waals surface area contributed by atoms with E-state index in [4.69, 9.17) is 5.73 Å². The highest BCUT2D eigenvalue weighted by Gasteiger charge is 2.54. The van der Waals surface area contributed by atoms with Crippen molar-refractivity contribution < 1.29 is 18.7 Å². The van der Waals surface area contributed by atoms with Gasteiger partial charge < -0.3 is 15.7 Å². The summed E-state index contributed by atoms with van der Waals surface area (Å²) in [6, 6.07) is -0.819. The Morgan fingerprint density at radius 3 is 2.32 bits per heavy atom. The van der Waals surface area contributed by atoms with E-state index in [1.54, 1.807) is 4.90 Å². The Hall–Kier alpha value is -1.17. The Bertz CT molecular complexity index is 399. The number of alkyl halides is 2. The van der Waals surface area contributed by atoms with E-state index in [1.165, 1.54) is 6.92 Å². The van der Waals surface area contributed by atoms with Gasteiger partial charge in [-0.2, -0.15) is 0 Å². The number of hydrogen-bond acceptors (Lipinski definition) is 3. The van der Waals surface area contributed by atoms with Gasteiger partial charge in [-0.3, -0.25) is 4.79 Å². The summed E-state index contributed by atoms with van der Waals surface area (Å²) in [5.74, 6) is -3.20. The van der Waals surface area contributed by atoms with Crippen molar-refractivity contribution in [3.05, 3.63) is 12.3 Å². The number of likely N-dealkylation sites (tertiary alicyclic amines) is 1. The number of aliphatic hydroxyl groups is 1. The molecule has 0 unspecified atom stereocenters. The molecule has 1 spiro atoms. The summed E-state index contributed by atoms with van der Waals surface area (Å²) in [6.07, 6.45) is -0.441. The van der Waals surface area contributed by atoms with E-state index in [0.29, 0.717) is 25.1 Å². The first-order valence-corrected chi connectivity index (χ1v) is 6.50. The lowest BCUT2D eigenvalue weighted by molar-refractivity contribution is -0.136. The minimum Gasteiger partial charge on any atom is -0.391 e. The van der Waals surface area contributed by atoms with E-state index in [2.05, 4.69) is 6.58 Å². The van der Waals surface area contributed by atoms with Crippen LogP contribution in [0, 0.1) is 5.41 Å². The summed E-state index contributed by atoms with van der Waals surface area (Å²) in [4.78, 5) is 13.0. The van der Waals surface area contributed by atoms with Crippen LogP contribution in [0.25, 0.3) is 0 Å². The average Bonchev–Trinajstić information content (AvgIpc) is 2.29. The van der Waals surface area contributed by atoms with Gasteiger partial charge in [-0.15, -0.1) is 0 Å². The molecule has 2 aliphatic rings. The Labute approximate surface area is 111 Å². The zero-order valence-electron chi connectivity index (χ0n) is 11.0. The van der Waals surface area contributed by atoms with Gasteiger partial charge >= 0.3 is 0 Å². The zero-order chi connectivity index (χ0) is 14.4. The van der Waals surface area contributed by atoms with Crippen LogP contribution < -0.4 is 5.73 Å². The normalized spacial score (nSPS) is 27.8. The van der Waals surface area contributed by atoms with E-state index < -0.39 is 24.0 Å². The summed E-state index contributed by atoms with van der Waals surface area (Å²) >= 11 is 0. The first kappa shape index (κ1) is 14.2. The van der Waals surface area contributed by atoms with Crippen molar-refractivity contribution in [2.45, 2.75) is 50.7 Å². The van der Waals surface area contributed by atoms with Gasteiger partial charge in [0, 0.05) is 30.5 Å².